The molecule has 0 spiro atoms. The Hall–Kier alpha value is -1.75. The first-order valence-electron chi connectivity index (χ1n) is 6.83. The van der Waals surface area contributed by atoms with Crippen molar-refractivity contribution in [2.45, 2.75) is 38.5 Å². The van der Waals surface area contributed by atoms with Crippen molar-refractivity contribution in [3.05, 3.63) is 0 Å². The molecule has 0 aliphatic heterocycles. The van der Waals surface area contributed by atoms with Crippen LogP contribution in [-0.2, 0) is 19.2 Å². The second-order valence-electron chi connectivity index (χ2n) is 4.42. The van der Waals surface area contributed by atoms with Crippen LogP contribution in [-0.4, -0.2) is 64.1 Å². The Morgan fingerprint density at radius 1 is 0.909 bits per heavy atom. The highest BCUT2D eigenvalue weighted by Gasteiger charge is 2.64. The van der Waals surface area contributed by atoms with E-state index in [1.807, 2.05) is 0 Å². The molecule has 128 valence electrons. The average Bonchev–Trinajstić information content (AvgIpc) is 2.42. The molecule has 0 aliphatic carbocycles. The fourth-order valence-corrected chi connectivity index (χ4v) is 2.14. The summed E-state index contributed by atoms with van der Waals surface area (Å²) >= 11 is 0. The SMILES string of the molecule is CCNOC(CC(=O)O)(C(=O)O)C(NCC)(NCC)C(=O)O. The maximum atomic E-state index is 11.8. The lowest BCUT2D eigenvalue weighted by atomic mass is 9.83. The van der Waals surface area contributed by atoms with Gasteiger partial charge >= 0.3 is 17.9 Å². The van der Waals surface area contributed by atoms with Gasteiger partial charge in [-0.1, -0.05) is 20.8 Å². The van der Waals surface area contributed by atoms with Gasteiger partial charge in [-0.25, -0.2) is 15.1 Å². The molecular weight excluding hydrogens is 298 g/mol. The third-order valence-corrected chi connectivity index (χ3v) is 2.95. The van der Waals surface area contributed by atoms with Crippen molar-refractivity contribution in [2.24, 2.45) is 0 Å². The zero-order chi connectivity index (χ0) is 17.4. The maximum Gasteiger partial charge on any atom is 0.342 e. The van der Waals surface area contributed by atoms with Crippen molar-refractivity contribution in [2.75, 3.05) is 19.6 Å². The third-order valence-electron chi connectivity index (χ3n) is 2.95. The number of hydrogen-bond donors (Lipinski definition) is 6. The van der Waals surface area contributed by atoms with Gasteiger partial charge in [-0.2, -0.15) is 0 Å². The second-order valence-corrected chi connectivity index (χ2v) is 4.42. The number of nitrogens with one attached hydrogen (secondary N) is 3. The molecule has 10 heteroatoms. The van der Waals surface area contributed by atoms with Gasteiger partial charge < -0.3 is 15.3 Å². The van der Waals surface area contributed by atoms with Crippen LogP contribution >= 0.6 is 0 Å². The molecule has 22 heavy (non-hydrogen) atoms. The molecular formula is C12H23N3O7. The lowest BCUT2D eigenvalue weighted by Gasteiger charge is -2.43. The first-order valence-corrected chi connectivity index (χ1v) is 6.83. The summed E-state index contributed by atoms with van der Waals surface area (Å²) in [4.78, 5) is 39.8. The summed E-state index contributed by atoms with van der Waals surface area (Å²) in [7, 11) is 0. The zero-order valence-electron chi connectivity index (χ0n) is 12.8. The van der Waals surface area contributed by atoms with Crippen molar-refractivity contribution in [3.8, 4) is 0 Å². The highest BCUT2D eigenvalue weighted by Crippen LogP contribution is 2.29. The van der Waals surface area contributed by atoms with Gasteiger partial charge in [-0.3, -0.25) is 20.3 Å². The summed E-state index contributed by atoms with van der Waals surface area (Å²) < 4.78 is 0. The first kappa shape index (κ1) is 20.2. The van der Waals surface area contributed by atoms with E-state index in [-0.39, 0.29) is 19.6 Å². The molecule has 0 bridgehead atoms. The van der Waals surface area contributed by atoms with E-state index in [4.69, 9.17) is 9.94 Å². The van der Waals surface area contributed by atoms with E-state index in [1.165, 1.54) is 0 Å². The molecule has 0 aromatic heterocycles. The molecule has 0 aromatic carbocycles. The number of rotatable bonds is 12. The van der Waals surface area contributed by atoms with Gasteiger partial charge in [0.15, 0.2) is 0 Å². The summed E-state index contributed by atoms with van der Waals surface area (Å²) in [6.07, 6.45) is -1.07. The maximum absolute atomic E-state index is 11.8. The van der Waals surface area contributed by atoms with Crippen LogP contribution in [0.3, 0.4) is 0 Å². The largest absolute Gasteiger partial charge is 0.481 e. The van der Waals surface area contributed by atoms with Crippen molar-refractivity contribution in [1.29, 1.82) is 0 Å². The molecule has 0 saturated carbocycles. The molecule has 0 saturated heterocycles. The zero-order valence-corrected chi connectivity index (χ0v) is 12.8. The first-order chi connectivity index (χ1) is 10.2. The Bertz CT molecular complexity index is 410. The summed E-state index contributed by atoms with van der Waals surface area (Å²) in [5.41, 5.74) is -2.67. The van der Waals surface area contributed by atoms with E-state index in [0.29, 0.717) is 0 Å². The van der Waals surface area contributed by atoms with Crippen LogP contribution < -0.4 is 16.1 Å². The number of aliphatic carboxylic acids is 3. The van der Waals surface area contributed by atoms with Crippen LogP contribution in [0.15, 0.2) is 0 Å². The lowest BCUT2D eigenvalue weighted by Crippen LogP contribution is -2.79. The number of carboxylic acid groups (broad SMARTS) is 3. The highest BCUT2D eigenvalue weighted by molar-refractivity contribution is 5.94. The smallest absolute Gasteiger partial charge is 0.342 e. The van der Waals surface area contributed by atoms with E-state index in [1.54, 1.807) is 20.8 Å². The van der Waals surface area contributed by atoms with Gasteiger partial charge in [0.05, 0.1) is 6.42 Å². The minimum absolute atomic E-state index is 0.0729. The molecule has 1 atom stereocenters. The molecule has 0 aliphatic rings. The molecule has 0 fully saturated rings. The molecule has 6 N–H and O–H groups in total. The quantitative estimate of drug-likeness (QED) is 0.191. The lowest BCUT2D eigenvalue weighted by molar-refractivity contribution is -0.212. The fraction of sp³-hybridized carbons (Fsp3) is 0.750. The number of hydroxylamine groups is 1. The van der Waals surface area contributed by atoms with Gasteiger partial charge in [-0.05, 0) is 13.1 Å². The van der Waals surface area contributed by atoms with Crippen LogP contribution in [0.2, 0.25) is 0 Å². The van der Waals surface area contributed by atoms with Crippen LogP contribution in [0.4, 0.5) is 0 Å². The minimum Gasteiger partial charge on any atom is -0.481 e. The minimum atomic E-state index is -2.60. The Morgan fingerprint density at radius 3 is 1.68 bits per heavy atom. The van der Waals surface area contributed by atoms with Crippen LogP contribution in [0.25, 0.3) is 0 Å². The molecule has 0 heterocycles. The van der Waals surface area contributed by atoms with Gasteiger partial charge in [0.2, 0.25) is 11.3 Å². The fourth-order valence-electron chi connectivity index (χ4n) is 2.14. The van der Waals surface area contributed by atoms with Gasteiger partial charge in [0, 0.05) is 6.54 Å². The third kappa shape index (κ3) is 3.91. The Labute approximate surface area is 127 Å². The second kappa shape index (κ2) is 8.63. The topological polar surface area (TPSA) is 157 Å². The number of carboxylic acids is 3. The highest BCUT2D eigenvalue weighted by atomic mass is 16.7. The molecule has 0 rings (SSSR count). The van der Waals surface area contributed by atoms with Crippen molar-refractivity contribution >= 4 is 17.9 Å². The Kier molecular flexibility index (Phi) is 7.95. The van der Waals surface area contributed by atoms with Crippen molar-refractivity contribution < 1.29 is 34.5 Å². The number of likely N-dealkylation sites (N-methyl/N-ethyl adjacent to an activating group) is 2. The standard InChI is InChI=1S/C12H23N3O7/c1-4-13-12(10(20)21,14-5-2)11(9(18)19,7-8(16)17)22-15-6-3/h13-15H,4-7H2,1-3H3,(H,16,17)(H,18,19)(H,20,21). The van der Waals surface area contributed by atoms with Crippen molar-refractivity contribution in [1.82, 2.24) is 16.1 Å². The van der Waals surface area contributed by atoms with E-state index in [2.05, 4.69) is 16.1 Å². The number of hydrogen-bond acceptors (Lipinski definition) is 7. The average molecular weight is 321 g/mol. The van der Waals surface area contributed by atoms with Crippen LogP contribution in [0.5, 0.6) is 0 Å². The number of carbonyl (C=O) groups is 3. The molecule has 0 aromatic rings. The Balaban J connectivity index is 6.25. The monoisotopic (exact) mass is 321 g/mol. The molecule has 0 amide bonds. The molecule has 10 nitrogen and oxygen atoms in total. The predicted molar refractivity (Wildman–Crippen MR) is 75.1 cm³/mol. The van der Waals surface area contributed by atoms with E-state index in [0.717, 1.165) is 0 Å². The molecule has 0 radical (unpaired) electrons. The summed E-state index contributed by atoms with van der Waals surface area (Å²) in [6.45, 7) is 5.02. The van der Waals surface area contributed by atoms with Crippen LogP contribution in [0, 0.1) is 0 Å². The van der Waals surface area contributed by atoms with E-state index >= 15 is 0 Å². The summed E-state index contributed by atoms with van der Waals surface area (Å²) in [6, 6.07) is 0. The normalized spacial score (nSPS) is 14.3. The Morgan fingerprint density at radius 2 is 1.41 bits per heavy atom. The summed E-state index contributed by atoms with van der Waals surface area (Å²) in [5.74, 6) is -4.82. The molecule has 1 unspecified atom stereocenters. The predicted octanol–water partition coefficient (Wildman–Crippen LogP) is -1.17. The summed E-state index contributed by atoms with van der Waals surface area (Å²) in [5, 5.41) is 33.2. The van der Waals surface area contributed by atoms with E-state index < -0.39 is 35.6 Å². The van der Waals surface area contributed by atoms with Gasteiger partial charge in [0.1, 0.15) is 0 Å². The van der Waals surface area contributed by atoms with Gasteiger partial charge in [0.25, 0.3) is 0 Å². The van der Waals surface area contributed by atoms with Crippen molar-refractivity contribution in [3.63, 3.8) is 0 Å². The van der Waals surface area contributed by atoms with Gasteiger partial charge in [-0.15, -0.1) is 0 Å². The van der Waals surface area contributed by atoms with Crippen LogP contribution in [0.1, 0.15) is 27.2 Å². The van der Waals surface area contributed by atoms with E-state index in [9.17, 15) is 24.6 Å².